The molecule has 2 fully saturated rings. The molecule has 2 atom stereocenters. The Hall–Kier alpha value is -4.76. The highest BCUT2D eigenvalue weighted by molar-refractivity contribution is 6.62. The van der Waals surface area contributed by atoms with E-state index in [1.54, 1.807) is 20.9 Å². The quantitative estimate of drug-likeness (QED) is 0.370. The summed E-state index contributed by atoms with van der Waals surface area (Å²) >= 11 is 0. The molecule has 4 amide bonds. The van der Waals surface area contributed by atoms with Crippen molar-refractivity contribution in [1.82, 2.24) is 30.0 Å². The van der Waals surface area contributed by atoms with E-state index in [9.17, 15) is 14.4 Å². The number of rotatable bonds is 6. The van der Waals surface area contributed by atoms with Crippen molar-refractivity contribution in [3.05, 3.63) is 59.5 Å². The lowest BCUT2D eigenvalue weighted by atomic mass is 9.79. The van der Waals surface area contributed by atoms with Crippen LogP contribution in [0.15, 0.2) is 42.6 Å². The van der Waals surface area contributed by atoms with Gasteiger partial charge in [-0.3, -0.25) is 4.79 Å². The van der Waals surface area contributed by atoms with Crippen LogP contribution in [0.1, 0.15) is 64.5 Å². The first-order valence-electron chi connectivity index (χ1n) is 16.9. The lowest BCUT2D eigenvalue weighted by Gasteiger charge is -2.32. The first kappa shape index (κ1) is 33.7. The highest BCUT2D eigenvalue weighted by Crippen LogP contribution is 2.39. The van der Waals surface area contributed by atoms with E-state index in [0.717, 1.165) is 22.2 Å². The SMILES string of the molecule is COC(=O)N[C@H](C(=O)N1CN(C(=O)N2Cc3cc4c(cc3C2)OCO4)C[C@H]1c1nc(-c2ccc(B3OC(C)(C)C(C)(C)O3)cc2)c[nH]1)C(C)C. The average Bonchev–Trinajstić information content (AvgIpc) is 3.91. The summed E-state index contributed by atoms with van der Waals surface area (Å²) in [6, 6.07) is 10.00. The van der Waals surface area contributed by atoms with E-state index in [4.69, 9.17) is 28.5 Å². The van der Waals surface area contributed by atoms with E-state index in [-0.39, 0.29) is 37.9 Å². The second-order valence-corrected chi connectivity index (χ2v) is 14.5. The predicted octanol–water partition coefficient (Wildman–Crippen LogP) is 3.76. The number of amides is 4. The Labute approximate surface area is 291 Å². The molecule has 15 heteroatoms. The molecule has 2 saturated heterocycles. The highest BCUT2D eigenvalue weighted by Gasteiger charge is 2.51. The molecule has 1 aromatic heterocycles. The van der Waals surface area contributed by atoms with Crippen molar-refractivity contribution in [3.8, 4) is 22.8 Å². The minimum Gasteiger partial charge on any atom is -0.454 e. The summed E-state index contributed by atoms with van der Waals surface area (Å²) in [6.45, 7) is 13.0. The van der Waals surface area contributed by atoms with Gasteiger partial charge < -0.3 is 48.5 Å². The monoisotopic (exact) mass is 686 g/mol. The summed E-state index contributed by atoms with van der Waals surface area (Å²) in [5.41, 5.74) is 3.53. The Morgan fingerprint density at radius 3 is 2.18 bits per heavy atom. The molecule has 4 aliphatic heterocycles. The molecule has 7 rings (SSSR count). The maximum atomic E-state index is 14.1. The number of ether oxygens (including phenoxy) is 3. The third-order valence-corrected chi connectivity index (χ3v) is 10.4. The first-order chi connectivity index (χ1) is 23.7. The Balaban J connectivity index is 1.12. The van der Waals surface area contributed by atoms with Gasteiger partial charge in [0.1, 0.15) is 17.9 Å². The number of aromatic nitrogens is 2. The van der Waals surface area contributed by atoms with Crippen LogP contribution in [0.4, 0.5) is 9.59 Å². The van der Waals surface area contributed by atoms with Gasteiger partial charge in [-0.25, -0.2) is 14.6 Å². The van der Waals surface area contributed by atoms with Crippen molar-refractivity contribution >= 4 is 30.6 Å². The Morgan fingerprint density at radius 1 is 0.980 bits per heavy atom. The molecule has 50 heavy (non-hydrogen) atoms. The normalized spacial score (nSPS) is 20.8. The van der Waals surface area contributed by atoms with Gasteiger partial charge in [0.2, 0.25) is 12.7 Å². The third-order valence-electron chi connectivity index (χ3n) is 10.4. The number of hydrogen-bond acceptors (Lipinski definition) is 9. The number of H-pyrrole nitrogens is 1. The van der Waals surface area contributed by atoms with Crippen LogP contribution >= 0.6 is 0 Å². The Morgan fingerprint density at radius 2 is 1.60 bits per heavy atom. The second-order valence-electron chi connectivity index (χ2n) is 14.5. The van der Waals surface area contributed by atoms with Crippen molar-refractivity contribution < 1.29 is 37.9 Å². The van der Waals surface area contributed by atoms with Crippen LogP contribution in [0.5, 0.6) is 11.5 Å². The highest BCUT2D eigenvalue weighted by atomic mass is 16.7. The number of imidazole rings is 1. The molecule has 0 radical (unpaired) electrons. The second kappa shape index (κ2) is 12.5. The number of nitrogens with one attached hydrogen (secondary N) is 2. The molecule has 4 aliphatic rings. The number of methoxy groups -OCH3 is 1. The smallest absolute Gasteiger partial charge is 0.454 e. The molecule has 3 aromatic rings. The van der Waals surface area contributed by atoms with E-state index >= 15 is 0 Å². The molecular formula is C35H43BN6O8. The molecule has 2 N–H and O–H groups in total. The van der Waals surface area contributed by atoms with Gasteiger partial charge >= 0.3 is 19.2 Å². The standard InChI is InChI=1S/C35H43BN6O8/c1-20(2)29(39-32(44)46-7)31(43)42-18-41(33(45)40-15-22-12-27-28(48-19-47-27)13-23(22)16-40)17-26(42)30-37-14-25(38-30)21-8-10-24(11-9-21)36-49-34(3,4)35(5,6)50-36/h8-14,20,26,29H,15-19H2,1-7H3,(H,37,38)(H,39,44)/t26-,29-/m0/s1. The molecule has 14 nitrogen and oxygen atoms in total. The number of alkyl carbamates (subject to hydrolysis) is 1. The van der Waals surface area contributed by atoms with Gasteiger partial charge in [-0.1, -0.05) is 38.1 Å². The zero-order valence-corrected chi connectivity index (χ0v) is 29.4. The van der Waals surface area contributed by atoms with E-state index in [2.05, 4.69) is 10.3 Å². The summed E-state index contributed by atoms with van der Waals surface area (Å²) in [6.07, 6.45) is 1.08. The van der Waals surface area contributed by atoms with Gasteiger partial charge in [-0.05, 0) is 62.3 Å². The van der Waals surface area contributed by atoms with Crippen LogP contribution in [-0.4, -0.2) is 94.2 Å². The van der Waals surface area contributed by atoms with Crippen molar-refractivity contribution in [3.63, 3.8) is 0 Å². The Kier molecular flexibility index (Phi) is 8.46. The van der Waals surface area contributed by atoms with Crippen LogP contribution < -0.4 is 20.3 Å². The van der Waals surface area contributed by atoms with Gasteiger partial charge in [0.05, 0.1) is 37.2 Å². The topological polar surface area (TPSA) is 148 Å². The number of aromatic amines is 1. The summed E-state index contributed by atoms with van der Waals surface area (Å²) in [5.74, 6) is 1.28. The van der Waals surface area contributed by atoms with Gasteiger partial charge in [0, 0.05) is 24.8 Å². The van der Waals surface area contributed by atoms with Gasteiger partial charge in [-0.15, -0.1) is 0 Å². The number of nitrogens with zero attached hydrogens (tertiary/aromatic N) is 4. The van der Waals surface area contributed by atoms with Crippen LogP contribution in [0, 0.1) is 5.92 Å². The van der Waals surface area contributed by atoms with E-state index in [1.807, 2.05) is 77.9 Å². The third kappa shape index (κ3) is 6.02. The van der Waals surface area contributed by atoms with Gasteiger partial charge in [0.25, 0.3) is 0 Å². The maximum absolute atomic E-state index is 14.1. The van der Waals surface area contributed by atoms with Crippen LogP contribution in [0.2, 0.25) is 0 Å². The number of benzene rings is 2. The van der Waals surface area contributed by atoms with Crippen molar-refractivity contribution in [1.29, 1.82) is 0 Å². The maximum Gasteiger partial charge on any atom is 0.494 e. The van der Waals surface area contributed by atoms with Crippen LogP contribution in [-0.2, 0) is 31.9 Å². The number of carbonyl (C=O) groups is 3. The predicted molar refractivity (Wildman–Crippen MR) is 182 cm³/mol. The Bertz CT molecular complexity index is 1760. The zero-order valence-electron chi connectivity index (χ0n) is 29.4. The summed E-state index contributed by atoms with van der Waals surface area (Å²) in [5, 5.41) is 2.68. The molecule has 0 spiro atoms. The fraction of sp³-hybridized carbons (Fsp3) is 0.486. The largest absolute Gasteiger partial charge is 0.494 e. The number of hydrogen-bond donors (Lipinski definition) is 2. The molecule has 264 valence electrons. The molecule has 0 unspecified atom stereocenters. The number of carbonyl (C=O) groups excluding carboxylic acids is 3. The minimum absolute atomic E-state index is 0.0167. The van der Waals surface area contributed by atoms with E-state index < -0.39 is 36.5 Å². The molecule has 0 bridgehead atoms. The molecule has 5 heterocycles. The first-order valence-corrected chi connectivity index (χ1v) is 16.9. The molecular weight excluding hydrogens is 643 g/mol. The van der Waals surface area contributed by atoms with Crippen molar-refractivity contribution in [2.75, 3.05) is 27.1 Å². The minimum atomic E-state index is -0.879. The van der Waals surface area contributed by atoms with Crippen molar-refractivity contribution in [2.45, 2.75) is 77.9 Å². The van der Waals surface area contributed by atoms with Gasteiger partial charge in [0.15, 0.2) is 11.5 Å². The molecule has 2 aromatic carbocycles. The van der Waals surface area contributed by atoms with Crippen LogP contribution in [0.3, 0.4) is 0 Å². The van der Waals surface area contributed by atoms with Crippen molar-refractivity contribution in [2.24, 2.45) is 5.92 Å². The lowest BCUT2D eigenvalue weighted by molar-refractivity contribution is -0.135. The summed E-state index contributed by atoms with van der Waals surface area (Å²) in [4.78, 5) is 53.5. The van der Waals surface area contributed by atoms with Gasteiger partial charge in [-0.2, -0.15) is 0 Å². The summed E-state index contributed by atoms with van der Waals surface area (Å²) < 4.78 is 28.3. The number of fused-ring (bicyclic) bond motifs is 2. The molecule has 0 aliphatic carbocycles. The number of urea groups is 1. The van der Waals surface area contributed by atoms with E-state index in [0.29, 0.717) is 36.1 Å². The van der Waals surface area contributed by atoms with E-state index in [1.165, 1.54) is 7.11 Å². The summed E-state index contributed by atoms with van der Waals surface area (Å²) in [7, 11) is 0.771. The molecule has 0 saturated carbocycles. The fourth-order valence-corrected chi connectivity index (χ4v) is 6.69. The van der Waals surface area contributed by atoms with Crippen LogP contribution in [0.25, 0.3) is 11.3 Å². The average molecular weight is 687 g/mol. The fourth-order valence-electron chi connectivity index (χ4n) is 6.69. The lowest BCUT2D eigenvalue weighted by Crippen LogP contribution is -2.52. The zero-order chi connectivity index (χ0) is 35.5.